The minimum absolute atomic E-state index is 0.00426. The Morgan fingerprint density at radius 2 is 0.241 bits per heavy atom. The van der Waals surface area contributed by atoms with Crippen LogP contribution in [0.4, 0.5) is 0 Å². The number of phenols is 6. The summed E-state index contributed by atoms with van der Waals surface area (Å²) in [7, 11) is 0. The fourth-order valence-electron chi connectivity index (χ4n) is 15.8. The van der Waals surface area contributed by atoms with Gasteiger partial charge in [0.15, 0.2) is 34.7 Å². The van der Waals surface area contributed by atoms with Crippen LogP contribution in [0.15, 0.2) is 33.4 Å². The zero-order valence-electron chi connectivity index (χ0n) is 71.1. The standard InChI is InChI=1S/C22H26O2.C22H24O2.C16H20O2.C16H18O2.C10H14O2.C10H12O2/c2*1-9-10(2)14(6)18-17(13(9)5)21(23)19-15(7)11(3)12(4)16(8)20(19)22(18)24;2*1-7-8(2)10(4)14-13(9(7)3)15(17)11(5)12(6)16(14)18;2*1-5-6(2)10(12)8(4)7(3)9(5)11/h23-24H,1-8H3;1-8H3;17-18H,1-6H3;1-6H3;11-12H,1-4H3;1-4H3. The number of Topliss-reactive ketones (excluding diaryl/α,β-unsaturated/α-hetero) is 4. The third kappa shape index (κ3) is 13.4. The SMILES string of the molecule is CC1=C(C)C(=O)C(C)=C(C)C1=O.CC1=C(C)C(=O)c2c(C)c(C)c(C)c(C)c2C1=O.Cc1c(C)c(C)c2c(O)c(C)c(C)c(O)c2c1C.Cc1c(C)c(C)c2c(O)c3c(C)c(C)c(C)c(C)c3c(O)c2c1C.Cc1c(C)c(C)c2c(c1C)C(=O)c1c(C)c(C)c(C)c(C)c1C2=O.Cc1c(C)c(O)c(C)c(C)c1O. The van der Waals surface area contributed by atoms with Crippen molar-refractivity contribution in [2.24, 2.45) is 0 Å². The molecule has 0 fully saturated rings. The van der Waals surface area contributed by atoms with Crippen molar-refractivity contribution >= 4 is 67.0 Å². The second-order valence-electron chi connectivity index (χ2n) is 31.1. The lowest BCUT2D eigenvalue weighted by Crippen LogP contribution is -2.27. The number of allylic oxidation sites excluding steroid dienone is 6. The number of rotatable bonds is 0. The zero-order valence-corrected chi connectivity index (χ0v) is 71.1. The molecule has 12 nitrogen and oxygen atoms in total. The van der Waals surface area contributed by atoms with Crippen LogP contribution in [0.5, 0.6) is 34.5 Å². The van der Waals surface area contributed by atoms with Crippen molar-refractivity contribution in [3.05, 3.63) is 234 Å². The van der Waals surface area contributed by atoms with Crippen LogP contribution >= 0.6 is 0 Å². The fraction of sp³-hybridized carbons (Fsp3) is 0.375. The maximum atomic E-state index is 13.4. The smallest absolute Gasteiger partial charge is 0.195 e. The largest absolute Gasteiger partial charge is 0.507 e. The molecule has 9 aromatic carbocycles. The predicted molar refractivity (Wildman–Crippen MR) is 444 cm³/mol. The van der Waals surface area contributed by atoms with E-state index in [1.54, 1.807) is 69.2 Å². The molecule has 3 aliphatic rings. The normalized spacial score (nSPS) is 13.2. The highest BCUT2D eigenvalue weighted by Crippen LogP contribution is 2.50. The lowest BCUT2D eigenvalue weighted by atomic mass is 9.73. The van der Waals surface area contributed by atoms with Crippen LogP contribution in [0.2, 0.25) is 0 Å². The molecular formula is C96H114O12. The first-order valence-corrected chi connectivity index (χ1v) is 37.1. The van der Waals surface area contributed by atoms with Crippen LogP contribution in [0, 0.1) is 208 Å². The Labute approximate surface area is 640 Å². The number of carbonyl (C=O) groups is 6. The van der Waals surface area contributed by atoms with Gasteiger partial charge in [-0.15, -0.1) is 0 Å². The van der Waals surface area contributed by atoms with E-state index in [1.807, 2.05) is 138 Å². The molecule has 0 spiro atoms. The molecule has 0 atom stereocenters. The van der Waals surface area contributed by atoms with Crippen LogP contribution in [0.1, 0.15) is 261 Å². The summed E-state index contributed by atoms with van der Waals surface area (Å²) in [6.07, 6.45) is 0. The summed E-state index contributed by atoms with van der Waals surface area (Å²) in [5.41, 5.74) is 37.3. The maximum Gasteiger partial charge on any atom is 0.195 e. The average molecular weight is 1460 g/mol. The molecule has 0 aliphatic heterocycles. The molecule has 0 bridgehead atoms. The van der Waals surface area contributed by atoms with Gasteiger partial charge in [-0.3, -0.25) is 28.8 Å². The van der Waals surface area contributed by atoms with Crippen LogP contribution in [0.3, 0.4) is 0 Å². The number of fused-ring (bicyclic) bond motifs is 6. The highest BCUT2D eigenvalue weighted by molar-refractivity contribution is 6.31. The van der Waals surface area contributed by atoms with E-state index in [4.69, 9.17) is 0 Å². The Hall–Kier alpha value is -10.2. The van der Waals surface area contributed by atoms with Gasteiger partial charge in [-0.1, -0.05) is 0 Å². The number of hydrogen-bond acceptors (Lipinski definition) is 12. The average Bonchev–Trinajstić information content (AvgIpc) is 0.732. The van der Waals surface area contributed by atoms with Gasteiger partial charge in [0.25, 0.3) is 0 Å². The van der Waals surface area contributed by atoms with E-state index >= 15 is 0 Å². The summed E-state index contributed by atoms with van der Waals surface area (Å²) in [6, 6.07) is 0. The molecule has 0 heterocycles. The van der Waals surface area contributed by atoms with E-state index in [0.29, 0.717) is 101 Å². The van der Waals surface area contributed by atoms with E-state index in [0.717, 1.165) is 166 Å². The van der Waals surface area contributed by atoms with E-state index in [9.17, 15) is 59.4 Å². The molecule has 3 aliphatic carbocycles. The number of aromatic hydroxyl groups is 6. The van der Waals surface area contributed by atoms with Gasteiger partial charge in [0.2, 0.25) is 0 Å². The maximum absolute atomic E-state index is 13.4. The summed E-state index contributed by atoms with van der Waals surface area (Å²) >= 11 is 0. The number of hydrogen-bond donors (Lipinski definition) is 6. The van der Waals surface area contributed by atoms with Crippen molar-refractivity contribution in [2.45, 2.75) is 249 Å². The quantitative estimate of drug-likeness (QED) is 0.0474. The van der Waals surface area contributed by atoms with E-state index in [1.165, 1.54) is 33.4 Å². The number of benzene rings is 9. The molecule has 570 valence electrons. The number of ketones is 6. The molecule has 0 saturated carbocycles. The molecule has 0 aromatic heterocycles. The first-order chi connectivity index (χ1) is 49.7. The second kappa shape index (κ2) is 30.8. The fourth-order valence-corrected chi connectivity index (χ4v) is 15.8. The Morgan fingerprint density at radius 3 is 0.407 bits per heavy atom. The molecule has 108 heavy (non-hydrogen) atoms. The molecule has 9 aromatic rings. The zero-order chi connectivity index (χ0) is 82.6. The lowest BCUT2D eigenvalue weighted by molar-refractivity contribution is -0.116. The van der Waals surface area contributed by atoms with E-state index < -0.39 is 0 Å². The second-order valence-corrected chi connectivity index (χ2v) is 31.1. The molecular weight excluding hydrogens is 1350 g/mol. The molecule has 6 N–H and O–H groups in total. The van der Waals surface area contributed by atoms with Gasteiger partial charge in [-0.25, -0.2) is 0 Å². The summed E-state index contributed by atoms with van der Waals surface area (Å²) in [6.45, 7) is 69.5. The molecule has 0 saturated heterocycles. The third-order valence-electron chi connectivity index (χ3n) is 26.5. The van der Waals surface area contributed by atoms with Crippen LogP contribution < -0.4 is 0 Å². The summed E-state index contributed by atoms with van der Waals surface area (Å²) < 4.78 is 0. The third-order valence-corrected chi connectivity index (χ3v) is 26.5. The lowest BCUT2D eigenvalue weighted by Gasteiger charge is -2.28. The van der Waals surface area contributed by atoms with E-state index in [2.05, 4.69) is 41.5 Å². The van der Waals surface area contributed by atoms with Crippen molar-refractivity contribution in [2.75, 3.05) is 0 Å². The van der Waals surface area contributed by atoms with Crippen molar-refractivity contribution < 1.29 is 59.4 Å². The van der Waals surface area contributed by atoms with Gasteiger partial charge < -0.3 is 30.6 Å². The molecule has 0 unspecified atom stereocenters. The highest BCUT2D eigenvalue weighted by Gasteiger charge is 2.38. The highest BCUT2D eigenvalue weighted by atomic mass is 16.3. The molecule has 12 heteroatoms. The van der Waals surface area contributed by atoms with Gasteiger partial charge in [-0.05, 0) is 416 Å². The van der Waals surface area contributed by atoms with Crippen molar-refractivity contribution in [3.8, 4) is 34.5 Å². The minimum Gasteiger partial charge on any atom is -0.507 e. The first-order valence-electron chi connectivity index (χ1n) is 37.1. The number of phenolic OH excluding ortho intramolecular Hbond substituents is 6. The summed E-state index contributed by atoms with van der Waals surface area (Å²) in [5.74, 6) is 1.80. The van der Waals surface area contributed by atoms with Gasteiger partial charge in [-0.2, -0.15) is 0 Å². The van der Waals surface area contributed by atoms with Crippen LogP contribution in [-0.2, 0) is 9.59 Å². The van der Waals surface area contributed by atoms with Crippen LogP contribution in [0.25, 0.3) is 32.3 Å². The van der Waals surface area contributed by atoms with Crippen LogP contribution in [-0.4, -0.2) is 65.3 Å². The van der Waals surface area contributed by atoms with Gasteiger partial charge >= 0.3 is 0 Å². The molecule has 12 rings (SSSR count). The van der Waals surface area contributed by atoms with Gasteiger partial charge in [0.1, 0.15) is 34.5 Å². The Kier molecular flexibility index (Phi) is 24.3. The summed E-state index contributed by atoms with van der Waals surface area (Å²) in [5, 5.41) is 66.9. The topological polar surface area (TPSA) is 224 Å². The Bertz CT molecular complexity index is 5050. The summed E-state index contributed by atoms with van der Waals surface area (Å²) in [4.78, 5) is 74.4. The van der Waals surface area contributed by atoms with E-state index in [-0.39, 0.29) is 34.7 Å². The Morgan fingerprint density at radius 1 is 0.120 bits per heavy atom. The van der Waals surface area contributed by atoms with Crippen molar-refractivity contribution in [1.29, 1.82) is 0 Å². The van der Waals surface area contributed by atoms with Crippen molar-refractivity contribution in [1.82, 2.24) is 0 Å². The first kappa shape index (κ1) is 85.1. The predicted octanol–water partition coefficient (Wildman–Crippen LogP) is 22.7. The molecule has 0 amide bonds. The Balaban J connectivity index is 0.000000184. The van der Waals surface area contributed by atoms with Crippen molar-refractivity contribution in [3.63, 3.8) is 0 Å². The van der Waals surface area contributed by atoms with Gasteiger partial charge in [0, 0.05) is 99.1 Å². The number of carbonyl (C=O) groups excluding carboxylic acids is 6. The minimum atomic E-state index is 0.00426. The number of aryl methyl sites for hydroxylation is 6. The van der Waals surface area contributed by atoms with Gasteiger partial charge in [0.05, 0.1) is 0 Å². The molecule has 0 radical (unpaired) electrons. The monoisotopic (exact) mass is 1460 g/mol.